The molecule has 2 heteroatoms. The molecule has 13 heavy (non-hydrogen) atoms. The standard InChI is InChI=1S/C11H10FN/c1-9-4-3-7-13(9)11-6-2-5-10(12)8-11/h2-8H,1H3. The molecule has 0 aliphatic rings. The van der Waals surface area contributed by atoms with Crippen LogP contribution < -0.4 is 0 Å². The van der Waals surface area contributed by atoms with Crippen LogP contribution in [-0.4, -0.2) is 4.57 Å². The van der Waals surface area contributed by atoms with Crippen molar-refractivity contribution < 1.29 is 4.39 Å². The van der Waals surface area contributed by atoms with Gasteiger partial charge in [-0.05, 0) is 37.3 Å². The van der Waals surface area contributed by atoms with Gasteiger partial charge in [0.1, 0.15) is 5.82 Å². The van der Waals surface area contributed by atoms with Crippen LogP contribution >= 0.6 is 0 Å². The normalized spacial score (nSPS) is 10.3. The van der Waals surface area contributed by atoms with Gasteiger partial charge in [-0.2, -0.15) is 0 Å². The summed E-state index contributed by atoms with van der Waals surface area (Å²) >= 11 is 0. The number of nitrogens with zero attached hydrogens (tertiary/aromatic N) is 1. The molecule has 1 heterocycles. The van der Waals surface area contributed by atoms with E-state index in [9.17, 15) is 4.39 Å². The fourth-order valence-electron chi connectivity index (χ4n) is 1.38. The molecule has 0 spiro atoms. The van der Waals surface area contributed by atoms with Gasteiger partial charge in [-0.1, -0.05) is 6.07 Å². The molecule has 0 N–H and O–H groups in total. The van der Waals surface area contributed by atoms with Crippen molar-refractivity contribution in [2.45, 2.75) is 6.92 Å². The van der Waals surface area contributed by atoms with Crippen molar-refractivity contribution in [3.63, 3.8) is 0 Å². The van der Waals surface area contributed by atoms with E-state index in [1.54, 1.807) is 6.07 Å². The molecule has 2 rings (SSSR count). The monoisotopic (exact) mass is 175 g/mol. The summed E-state index contributed by atoms with van der Waals surface area (Å²) in [5.74, 6) is -0.203. The number of rotatable bonds is 1. The third kappa shape index (κ3) is 1.47. The Balaban J connectivity index is 2.53. The average Bonchev–Trinajstić information content (AvgIpc) is 2.51. The van der Waals surface area contributed by atoms with Gasteiger partial charge in [0, 0.05) is 17.6 Å². The molecule has 0 bridgehead atoms. The zero-order chi connectivity index (χ0) is 9.26. The Bertz CT molecular complexity index is 418. The number of aryl methyl sites for hydroxylation is 1. The smallest absolute Gasteiger partial charge is 0.125 e. The first-order valence-electron chi connectivity index (χ1n) is 4.17. The second-order valence-corrected chi connectivity index (χ2v) is 3.00. The first kappa shape index (κ1) is 8.05. The van der Waals surface area contributed by atoms with Crippen LogP contribution in [0.2, 0.25) is 0 Å². The van der Waals surface area contributed by atoms with Gasteiger partial charge in [0.2, 0.25) is 0 Å². The topological polar surface area (TPSA) is 4.93 Å². The van der Waals surface area contributed by atoms with Crippen LogP contribution in [0, 0.1) is 12.7 Å². The van der Waals surface area contributed by atoms with E-state index >= 15 is 0 Å². The van der Waals surface area contributed by atoms with Crippen molar-refractivity contribution in [3.8, 4) is 5.69 Å². The summed E-state index contributed by atoms with van der Waals surface area (Å²) in [5, 5.41) is 0. The van der Waals surface area contributed by atoms with Crippen LogP contribution in [0.15, 0.2) is 42.6 Å². The molecule has 0 amide bonds. The van der Waals surface area contributed by atoms with E-state index in [-0.39, 0.29) is 5.82 Å². The molecule has 0 aliphatic carbocycles. The summed E-state index contributed by atoms with van der Waals surface area (Å²) in [7, 11) is 0. The molecular formula is C11H10FN. The molecule has 0 atom stereocenters. The minimum Gasteiger partial charge on any atom is -0.321 e. The summed E-state index contributed by atoms with van der Waals surface area (Å²) in [6, 6.07) is 10.5. The summed E-state index contributed by atoms with van der Waals surface area (Å²) in [6.45, 7) is 1.99. The van der Waals surface area contributed by atoms with E-state index in [0.717, 1.165) is 11.4 Å². The predicted molar refractivity (Wildman–Crippen MR) is 50.5 cm³/mol. The quantitative estimate of drug-likeness (QED) is 0.628. The second kappa shape index (κ2) is 3.05. The summed E-state index contributed by atoms with van der Waals surface area (Å²) in [4.78, 5) is 0. The Labute approximate surface area is 76.4 Å². The maximum atomic E-state index is 12.9. The zero-order valence-electron chi connectivity index (χ0n) is 7.37. The van der Waals surface area contributed by atoms with Gasteiger partial charge in [0.25, 0.3) is 0 Å². The Hall–Kier alpha value is -1.57. The van der Waals surface area contributed by atoms with Crippen LogP contribution in [0.3, 0.4) is 0 Å². The molecule has 0 saturated heterocycles. The van der Waals surface area contributed by atoms with E-state index in [1.807, 2.05) is 35.9 Å². The van der Waals surface area contributed by atoms with Gasteiger partial charge in [0.05, 0.1) is 0 Å². The van der Waals surface area contributed by atoms with Gasteiger partial charge in [0.15, 0.2) is 0 Å². The van der Waals surface area contributed by atoms with Crippen molar-refractivity contribution in [2.24, 2.45) is 0 Å². The van der Waals surface area contributed by atoms with Gasteiger partial charge in [-0.15, -0.1) is 0 Å². The highest BCUT2D eigenvalue weighted by Crippen LogP contribution is 2.12. The Morgan fingerprint density at radius 3 is 2.62 bits per heavy atom. The Morgan fingerprint density at radius 1 is 1.15 bits per heavy atom. The van der Waals surface area contributed by atoms with E-state index in [1.165, 1.54) is 12.1 Å². The lowest BCUT2D eigenvalue weighted by molar-refractivity contribution is 0.626. The van der Waals surface area contributed by atoms with Crippen LogP contribution in [0.1, 0.15) is 5.69 Å². The first-order chi connectivity index (χ1) is 6.27. The fraction of sp³-hybridized carbons (Fsp3) is 0.0909. The number of hydrogen-bond donors (Lipinski definition) is 0. The SMILES string of the molecule is Cc1cccn1-c1cccc(F)c1. The lowest BCUT2D eigenvalue weighted by Gasteiger charge is -2.05. The first-order valence-corrected chi connectivity index (χ1v) is 4.17. The van der Waals surface area contributed by atoms with Gasteiger partial charge in [-0.25, -0.2) is 4.39 Å². The third-order valence-corrected chi connectivity index (χ3v) is 2.04. The van der Waals surface area contributed by atoms with E-state index in [4.69, 9.17) is 0 Å². The number of halogens is 1. The predicted octanol–water partition coefficient (Wildman–Crippen LogP) is 2.92. The van der Waals surface area contributed by atoms with Crippen LogP contribution in [0.25, 0.3) is 5.69 Å². The van der Waals surface area contributed by atoms with Crippen molar-refractivity contribution in [2.75, 3.05) is 0 Å². The molecule has 1 aromatic carbocycles. The largest absolute Gasteiger partial charge is 0.321 e. The summed E-state index contributed by atoms with van der Waals surface area (Å²) in [6.07, 6.45) is 1.92. The Morgan fingerprint density at radius 2 is 2.00 bits per heavy atom. The molecule has 0 radical (unpaired) electrons. The van der Waals surface area contributed by atoms with Crippen molar-refractivity contribution in [1.29, 1.82) is 0 Å². The highest BCUT2D eigenvalue weighted by molar-refractivity contribution is 5.34. The maximum Gasteiger partial charge on any atom is 0.125 e. The van der Waals surface area contributed by atoms with Crippen LogP contribution in [-0.2, 0) is 0 Å². The van der Waals surface area contributed by atoms with Gasteiger partial charge >= 0.3 is 0 Å². The molecule has 66 valence electrons. The molecule has 1 aromatic heterocycles. The number of benzene rings is 1. The summed E-state index contributed by atoms with van der Waals surface area (Å²) < 4.78 is 14.8. The summed E-state index contributed by atoms with van der Waals surface area (Å²) in [5.41, 5.74) is 1.97. The van der Waals surface area contributed by atoms with E-state index in [2.05, 4.69) is 0 Å². The minimum absolute atomic E-state index is 0.203. The molecule has 0 aliphatic heterocycles. The average molecular weight is 175 g/mol. The third-order valence-electron chi connectivity index (χ3n) is 2.04. The maximum absolute atomic E-state index is 12.9. The van der Waals surface area contributed by atoms with E-state index in [0.29, 0.717) is 0 Å². The molecule has 0 saturated carbocycles. The fourth-order valence-corrected chi connectivity index (χ4v) is 1.38. The van der Waals surface area contributed by atoms with Crippen LogP contribution in [0.4, 0.5) is 4.39 Å². The Kier molecular flexibility index (Phi) is 1.89. The molecule has 0 unspecified atom stereocenters. The van der Waals surface area contributed by atoms with Crippen molar-refractivity contribution in [1.82, 2.24) is 4.57 Å². The van der Waals surface area contributed by atoms with Crippen molar-refractivity contribution in [3.05, 3.63) is 54.1 Å². The van der Waals surface area contributed by atoms with E-state index < -0.39 is 0 Å². The zero-order valence-corrected chi connectivity index (χ0v) is 7.37. The number of aromatic nitrogens is 1. The lowest BCUT2D eigenvalue weighted by atomic mass is 10.3. The van der Waals surface area contributed by atoms with Gasteiger partial charge in [-0.3, -0.25) is 0 Å². The molecule has 0 fully saturated rings. The molecule has 2 aromatic rings. The molecule has 1 nitrogen and oxygen atoms in total. The second-order valence-electron chi connectivity index (χ2n) is 3.00. The van der Waals surface area contributed by atoms with Gasteiger partial charge < -0.3 is 4.57 Å². The van der Waals surface area contributed by atoms with Crippen molar-refractivity contribution >= 4 is 0 Å². The lowest BCUT2D eigenvalue weighted by Crippen LogP contribution is -1.94. The minimum atomic E-state index is -0.203. The number of hydrogen-bond acceptors (Lipinski definition) is 0. The highest BCUT2D eigenvalue weighted by Gasteiger charge is 1.98. The highest BCUT2D eigenvalue weighted by atomic mass is 19.1. The van der Waals surface area contributed by atoms with Crippen LogP contribution in [0.5, 0.6) is 0 Å². The molecular weight excluding hydrogens is 165 g/mol.